The maximum absolute atomic E-state index is 4.85. The van der Waals surface area contributed by atoms with Crippen molar-refractivity contribution in [3.8, 4) is 0 Å². The van der Waals surface area contributed by atoms with E-state index in [1.54, 1.807) is 0 Å². The molecule has 0 aliphatic carbocycles. The van der Waals surface area contributed by atoms with Crippen LogP contribution in [0.15, 0.2) is 0 Å². The Hall–Kier alpha value is 1.20. The predicted octanol–water partition coefficient (Wildman–Crippen LogP) is 2.61. The second-order valence-corrected chi connectivity index (χ2v) is 3.19. The van der Waals surface area contributed by atoms with E-state index in [4.69, 9.17) is 19.4 Å². The molecule has 0 N–H and O–H groups in total. The standard InChI is InChI=1S/C3H7.2ClH.Ru/c1-3-2;;;/h1,3H2,2H3;2*1H;/q-1;;;+2/p-2. The van der Waals surface area contributed by atoms with E-state index in [9.17, 15) is 0 Å². The first kappa shape index (κ1) is 10.2. The molecule has 0 heterocycles. The van der Waals surface area contributed by atoms with Crippen molar-refractivity contribution in [1.29, 1.82) is 0 Å². The van der Waals surface area contributed by atoms with Crippen molar-refractivity contribution in [2.75, 3.05) is 0 Å². The first-order valence-corrected chi connectivity index (χ1v) is 5.95. The minimum absolute atomic E-state index is 0.346. The zero-order valence-corrected chi connectivity index (χ0v) is 6.77. The molecule has 0 amide bonds. The molecule has 0 saturated heterocycles. The Morgan fingerprint density at radius 1 is 1.67 bits per heavy atom. The van der Waals surface area contributed by atoms with Gasteiger partial charge < -0.3 is 6.92 Å². The summed E-state index contributed by atoms with van der Waals surface area (Å²) in [6.07, 6.45) is 1.00. The molecule has 0 atom stereocenters. The third-order valence-electron chi connectivity index (χ3n) is 0. The Morgan fingerprint density at radius 2 is 1.67 bits per heavy atom. The molecule has 0 fully saturated rings. The van der Waals surface area contributed by atoms with E-state index in [0.29, 0.717) is 0 Å². The normalized spacial score (nSPS) is 6.67. The maximum atomic E-state index is 4.85. The van der Waals surface area contributed by atoms with E-state index < -0.39 is 0 Å². The molecule has 42 valence electrons. The van der Waals surface area contributed by atoms with Crippen LogP contribution < -0.4 is 0 Å². The van der Waals surface area contributed by atoms with Gasteiger partial charge >= 0.3 is 34.5 Å². The zero-order valence-electron chi connectivity index (χ0n) is 3.52. The first-order chi connectivity index (χ1) is 2.83. The van der Waals surface area contributed by atoms with Crippen LogP contribution in [-0.4, -0.2) is 0 Å². The number of hydrogen-bond donors (Lipinski definition) is 0. The van der Waals surface area contributed by atoms with Crippen molar-refractivity contribution in [3.63, 3.8) is 0 Å². The molecular formula is C3H7Cl2Ru-. The molecule has 0 aromatic rings. The fourth-order valence-corrected chi connectivity index (χ4v) is 0. The fraction of sp³-hybridized carbons (Fsp3) is 0.667. The van der Waals surface area contributed by atoms with Gasteiger partial charge in [0.25, 0.3) is 0 Å². The van der Waals surface area contributed by atoms with E-state index in [1.807, 2.05) is 6.92 Å². The van der Waals surface area contributed by atoms with Gasteiger partial charge in [0, 0.05) is 0 Å². The average molecular weight is 215 g/mol. The quantitative estimate of drug-likeness (QED) is 0.430. The van der Waals surface area contributed by atoms with Gasteiger partial charge in [-0.1, -0.05) is 6.92 Å². The van der Waals surface area contributed by atoms with Gasteiger partial charge in [0.2, 0.25) is 0 Å². The molecule has 0 aromatic heterocycles. The Balaban J connectivity index is 0. The molecule has 0 saturated carbocycles. The number of hydrogen-bond acceptors (Lipinski definition) is 0. The van der Waals surface area contributed by atoms with Crippen LogP contribution in [0.25, 0.3) is 0 Å². The van der Waals surface area contributed by atoms with Gasteiger partial charge in [-0.15, -0.1) is 0 Å². The van der Waals surface area contributed by atoms with E-state index in [0.717, 1.165) is 6.42 Å². The summed E-state index contributed by atoms with van der Waals surface area (Å²) in [5, 5.41) is 0. The molecule has 0 aliphatic rings. The van der Waals surface area contributed by atoms with Crippen LogP contribution in [0, 0.1) is 6.92 Å². The monoisotopic (exact) mass is 215 g/mol. The Labute approximate surface area is 54.9 Å². The Kier molecular flexibility index (Phi) is 27.9. The van der Waals surface area contributed by atoms with Crippen LogP contribution >= 0.6 is 19.4 Å². The van der Waals surface area contributed by atoms with Crippen molar-refractivity contribution in [2.24, 2.45) is 0 Å². The third kappa shape index (κ3) is 63.5. The predicted molar refractivity (Wildman–Crippen MR) is 27.4 cm³/mol. The van der Waals surface area contributed by atoms with Crippen LogP contribution in [0.5, 0.6) is 0 Å². The summed E-state index contributed by atoms with van der Waals surface area (Å²) in [5.41, 5.74) is 0. The fourth-order valence-electron chi connectivity index (χ4n) is 0. The molecule has 0 aliphatic heterocycles. The van der Waals surface area contributed by atoms with Crippen LogP contribution in [0.1, 0.15) is 13.3 Å². The van der Waals surface area contributed by atoms with Crippen molar-refractivity contribution in [1.82, 2.24) is 0 Å². The summed E-state index contributed by atoms with van der Waals surface area (Å²) in [6, 6.07) is 0. The molecule has 0 spiro atoms. The van der Waals surface area contributed by atoms with Gasteiger partial charge in [0.1, 0.15) is 0 Å². The van der Waals surface area contributed by atoms with Gasteiger partial charge in [0.05, 0.1) is 0 Å². The minimum atomic E-state index is -0.346. The van der Waals surface area contributed by atoms with Crippen molar-refractivity contribution in [3.05, 3.63) is 6.92 Å². The van der Waals surface area contributed by atoms with Crippen molar-refractivity contribution < 1.29 is 15.1 Å². The molecule has 0 bridgehead atoms. The van der Waals surface area contributed by atoms with Gasteiger partial charge in [-0.25, -0.2) is 0 Å². The van der Waals surface area contributed by atoms with Crippen LogP contribution in [0.2, 0.25) is 0 Å². The molecule has 0 aromatic carbocycles. The van der Waals surface area contributed by atoms with Gasteiger partial charge in [0.15, 0.2) is 0 Å². The van der Waals surface area contributed by atoms with Crippen LogP contribution in [0.3, 0.4) is 0 Å². The first-order valence-electron chi connectivity index (χ1n) is 1.47. The molecule has 0 radical (unpaired) electrons. The molecule has 6 heavy (non-hydrogen) atoms. The average Bonchev–Trinajstić information content (AvgIpc) is 1.39. The van der Waals surface area contributed by atoms with E-state index in [-0.39, 0.29) is 15.1 Å². The summed E-state index contributed by atoms with van der Waals surface area (Å²) in [6.45, 7) is 5.50. The number of halogens is 2. The Morgan fingerprint density at radius 3 is 1.67 bits per heavy atom. The third-order valence-corrected chi connectivity index (χ3v) is 0. The Bertz CT molecular complexity index is 10.8. The molecule has 3 heteroatoms. The van der Waals surface area contributed by atoms with E-state index in [2.05, 4.69) is 6.92 Å². The molecule has 0 rings (SSSR count). The van der Waals surface area contributed by atoms with Crippen molar-refractivity contribution in [2.45, 2.75) is 13.3 Å². The second kappa shape index (κ2) is 16.4. The van der Waals surface area contributed by atoms with E-state index >= 15 is 0 Å². The topological polar surface area (TPSA) is 0 Å². The summed E-state index contributed by atoms with van der Waals surface area (Å²) in [7, 11) is 9.71. The van der Waals surface area contributed by atoms with Crippen LogP contribution in [-0.2, 0) is 15.1 Å². The summed E-state index contributed by atoms with van der Waals surface area (Å²) in [4.78, 5) is 0. The van der Waals surface area contributed by atoms with Crippen molar-refractivity contribution >= 4 is 19.4 Å². The summed E-state index contributed by atoms with van der Waals surface area (Å²) >= 11 is -0.346. The van der Waals surface area contributed by atoms with Gasteiger partial charge in [-0.3, -0.25) is 0 Å². The van der Waals surface area contributed by atoms with Crippen LogP contribution in [0.4, 0.5) is 0 Å². The number of rotatable bonds is 0. The van der Waals surface area contributed by atoms with Gasteiger partial charge in [-0.05, 0) is 0 Å². The molecule has 0 unspecified atom stereocenters. The van der Waals surface area contributed by atoms with E-state index in [1.165, 1.54) is 0 Å². The zero-order chi connectivity index (χ0) is 5.41. The van der Waals surface area contributed by atoms with Gasteiger partial charge in [-0.2, -0.15) is 6.42 Å². The molecule has 0 nitrogen and oxygen atoms in total. The second-order valence-electron chi connectivity index (χ2n) is 0.551. The summed E-state index contributed by atoms with van der Waals surface area (Å²) in [5.74, 6) is 0. The SMILES string of the molecule is [CH2-]CC.[Cl][Ru][Cl]. The summed E-state index contributed by atoms with van der Waals surface area (Å²) < 4.78 is 0. The molecular weight excluding hydrogens is 208 g/mol.